The molecule has 0 saturated heterocycles. The van der Waals surface area contributed by atoms with Gasteiger partial charge >= 0.3 is 5.97 Å². The Morgan fingerprint density at radius 1 is 1.38 bits per heavy atom. The highest BCUT2D eigenvalue weighted by Gasteiger charge is 2.23. The number of rotatable bonds is 5. The molecule has 0 amide bonds. The molecule has 6 nitrogen and oxygen atoms in total. The van der Waals surface area contributed by atoms with E-state index >= 15 is 0 Å². The maximum Gasteiger partial charge on any atom is 0.337 e. The fourth-order valence-corrected chi connectivity index (χ4v) is 3.59. The lowest BCUT2D eigenvalue weighted by atomic mass is 9.95. The minimum Gasteiger partial charge on any atom is -0.478 e. The first-order chi connectivity index (χ1) is 9.90. The molecule has 0 aliphatic heterocycles. The Bertz CT molecular complexity index is 668. The average Bonchev–Trinajstić information content (AvgIpc) is 2.46. The Hall–Kier alpha value is -1.86. The van der Waals surface area contributed by atoms with Crippen LogP contribution < -0.4 is 10.5 Å². The van der Waals surface area contributed by atoms with Crippen LogP contribution in [-0.4, -0.2) is 26.0 Å². The monoisotopic (exact) mass is 310 g/mol. The molecule has 1 unspecified atom stereocenters. The number of anilines is 1. The number of sulfonamides is 1. The van der Waals surface area contributed by atoms with E-state index in [0.717, 1.165) is 25.3 Å². The van der Waals surface area contributed by atoms with Crippen molar-refractivity contribution in [3.63, 3.8) is 0 Å². The number of nitrogen functional groups attached to an aromatic ring is 1. The molecule has 1 aromatic carbocycles. The molecular weight excluding hydrogens is 292 g/mol. The second kappa shape index (κ2) is 6.28. The van der Waals surface area contributed by atoms with E-state index in [1.807, 2.05) is 6.08 Å². The molecule has 21 heavy (non-hydrogen) atoms. The first kappa shape index (κ1) is 15.5. The number of aromatic carboxylic acids is 1. The van der Waals surface area contributed by atoms with Gasteiger partial charge in [-0.25, -0.2) is 17.9 Å². The average molecular weight is 310 g/mol. The van der Waals surface area contributed by atoms with Crippen molar-refractivity contribution in [2.45, 2.75) is 24.2 Å². The zero-order valence-electron chi connectivity index (χ0n) is 11.5. The molecule has 0 aromatic heterocycles. The Morgan fingerprint density at radius 2 is 2.14 bits per heavy atom. The maximum atomic E-state index is 12.3. The van der Waals surface area contributed by atoms with E-state index < -0.39 is 16.0 Å². The largest absolute Gasteiger partial charge is 0.478 e. The van der Waals surface area contributed by atoms with E-state index in [1.54, 1.807) is 0 Å². The van der Waals surface area contributed by atoms with Crippen molar-refractivity contribution in [3.8, 4) is 0 Å². The van der Waals surface area contributed by atoms with Gasteiger partial charge in [-0.1, -0.05) is 12.2 Å². The Kier molecular flexibility index (Phi) is 4.64. The molecule has 2 rings (SSSR count). The molecule has 1 aliphatic carbocycles. The van der Waals surface area contributed by atoms with Crippen LogP contribution in [0.15, 0.2) is 35.2 Å². The summed E-state index contributed by atoms with van der Waals surface area (Å²) < 4.78 is 27.1. The van der Waals surface area contributed by atoms with Crippen molar-refractivity contribution in [1.82, 2.24) is 4.72 Å². The van der Waals surface area contributed by atoms with Crippen molar-refractivity contribution in [2.75, 3.05) is 12.3 Å². The summed E-state index contributed by atoms with van der Waals surface area (Å²) >= 11 is 0. The standard InChI is InChI=1S/C14H18N2O4S/c15-11-6-7-13(12(8-11)14(17)18)21(19,20)16-9-10-4-2-1-3-5-10/h1-2,6-8,10,16H,3-5,9,15H2,(H,17,18). The van der Waals surface area contributed by atoms with Gasteiger partial charge in [0.05, 0.1) is 10.5 Å². The van der Waals surface area contributed by atoms with Gasteiger partial charge in [-0.3, -0.25) is 0 Å². The fourth-order valence-electron chi connectivity index (χ4n) is 2.30. The number of carboxylic acid groups (broad SMARTS) is 1. The Balaban J connectivity index is 2.19. The Labute approximate surface area is 123 Å². The second-order valence-corrected chi connectivity index (χ2v) is 6.80. The minimum absolute atomic E-state index is 0.212. The molecule has 1 aromatic rings. The number of hydrogen-bond acceptors (Lipinski definition) is 4. The molecular formula is C14H18N2O4S. The van der Waals surface area contributed by atoms with E-state index in [1.165, 1.54) is 12.1 Å². The third kappa shape index (κ3) is 3.83. The van der Waals surface area contributed by atoms with Gasteiger partial charge in [-0.05, 0) is 43.4 Å². The zero-order chi connectivity index (χ0) is 15.5. The highest BCUT2D eigenvalue weighted by Crippen LogP contribution is 2.21. The summed E-state index contributed by atoms with van der Waals surface area (Å²) in [5, 5.41) is 9.11. The third-order valence-electron chi connectivity index (χ3n) is 3.46. The predicted octanol–water partition coefficient (Wildman–Crippen LogP) is 1.60. The molecule has 1 atom stereocenters. The summed E-state index contributed by atoms with van der Waals surface area (Å²) in [6, 6.07) is 3.76. The van der Waals surface area contributed by atoms with Crippen molar-refractivity contribution in [1.29, 1.82) is 0 Å². The smallest absolute Gasteiger partial charge is 0.337 e. The molecule has 114 valence electrons. The number of nitrogens with two attached hydrogens (primary N) is 1. The van der Waals surface area contributed by atoms with E-state index in [0.29, 0.717) is 6.54 Å². The highest BCUT2D eigenvalue weighted by atomic mass is 32.2. The van der Waals surface area contributed by atoms with Gasteiger partial charge in [0.25, 0.3) is 0 Å². The third-order valence-corrected chi connectivity index (χ3v) is 4.94. The molecule has 0 bridgehead atoms. The van der Waals surface area contributed by atoms with Crippen LogP contribution >= 0.6 is 0 Å². The van der Waals surface area contributed by atoms with Gasteiger partial charge < -0.3 is 10.8 Å². The number of benzene rings is 1. The van der Waals surface area contributed by atoms with Gasteiger partial charge in [0.1, 0.15) is 0 Å². The van der Waals surface area contributed by atoms with E-state index in [-0.39, 0.29) is 22.1 Å². The fraction of sp³-hybridized carbons (Fsp3) is 0.357. The summed E-state index contributed by atoms with van der Waals surface area (Å²) in [4.78, 5) is 10.9. The molecule has 0 heterocycles. The topological polar surface area (TPSA) is 109 Å². The number of hydrogen-bond donors (Lipinski definition) is 3. The normalized spacial score (nSPS) is 18.6. The first-order valence-electron chi connectivity index (χ1n) is 6.67. The lowest BCUT2D eigenvalue weighted by Crippen LogP contribution is -2.31. The zero-order valence-corrected chi connectivity index (χ0v) is 12.3. The second-order valence-electron chi connectivity index (χ2n) is 5.06. The molecule has 7 heteroatoms. The van der Waals surface area contributed by atoms with Gasteiger partial charge in [0.2, 0.25) is 10.0 Å². The van der Waals surface area contributed by atoms with Crippen molar-refractivity contribution in [3.05, 3.63) is 35.9 Å². The van der Waals surface area contributed by atoms with Crippen LogP contribution in [0.5, 0.6) is 0 Å². The van der Waals surface area contributed by atoms with Gasteiger partial charge in [0, 0.05) is 12.2 Å². The number of allylic oxidation sites excluding steroid dienone is 2. The van der Waals surface area contributed by atoms with Gasteiger partial charge in [-0.15, -0.1) is 0 Å². The van der Waals surface area contributed by atoms with E-state index in [2.05, 4.69) is 10.8 Å². The molecule has 4 N–H and O–H groups in total. The number of nitrogens with one attached hydrogen (secondary N) is 1. The van der Waals surface area contributed by atoms with E-state index in [4.69, 9.17) is 10.8 Å². The van der Waals surface area contributed by atoms with E-state index in [9.17, 15) is 13.2 Å². The summed E-state index contributed by atoms with van der Waals surface area (Å²) in [5.74, 6) is -1.07. The lowest BCUT2D eigenvalue weighted by Gasteiger charge is -2.18. The van der Waals surface area contributed by atoms with Gasteiger partial charge in [-0.2, -0.15) is 0 Å². The SMILES string of the molecule is Nc1ccc(S(=O)(=O)NCC2CC=CCC2)c(C(=O)O)c1. The van der Waals surface area contributed by atoms with Crippen LogP contribution in [-0.2, 0) is 10.0 Å². The number of carbonyl (C=O) groups is 1. The van der Waals surface area contributed by atoms with Crippen molar-refractivity contribution >= 4 is 21.7 Å². The van der Waals surface area contributed by atoms with Crippen LogP contribution in [0.3, 0.4) is 0 Å². The van der Waals surface area contributed by atoms with Crippen LogP contribution in [0, 0.1) is 5.92 Å². The van der Waals surface area contributed by atoms with Gasteiger partial charge in [0.15, 0.2) is 0 Å². The molecule has 0 saturated carbocycles. The lowest BCUT2D eigenvalue weighted by molar-refractivity contribution is 0.0692. The molecule has 0 radical (unpaired) electrons. The first-order valence-corrected chi connectivity index (χ1v) is 8.16. The van der Waals surface area contributed by atoms with Crippen molar-refractivity contribution < 1.29 is 18.3 Å². The highest BCUT2D eigenvalue weighted by molar-refractivity contribution is 7.89. The maximum absolute atomic E-state index is 12.3. The molecule has 1 aliphatic rings. The predicted molar refractivity (Wildman–Crippen MR) is 79.5 cm³/mol. The summed E-state index contributed by atoms with van der Waals surface area (Å²) in [6.45, 7) is 0.302. The van der Waals surface area contributed by atoms with Crippen LogP contribution in [0.1, 0.15) is 29.6 Å². The van der Waals surface area contributed by atoms with Crippen molar-refractivity contribution in [2.24, 2.45) is 5.92 Å². The van der Waals surface area contributed by atoms with Crippen LogP contribution in [0.2, 0.25) is 0 Å². The Morgan fingerprint density at radius 3 is 2.76 bits per heavy atom. The minimum atomic E-state index is -3.86. The van der Waals surface area contributed by atoms with Crippen LogP contribution in [0.25, 0.3) is 0 Å². The summed E-state index contributed by atoms with van der Waals surface area (Å²) in [6.07, 6.45) is 6.80. The molecule has 0 fully saturated rings. The molecule has 0 spiro atoms. The summed E-state index contributed by atoms with van der Waals surface area (Å²) in [5.41, 5.74) is 5.41. The number of carboxylic acids is 1. The summed E-state index contributed by atoms with van der Waals surface area (Å²) in [7, 11) is -3.86. The quantitative estimate of drug-likeness (QED) is 0.565. The van der Waals surface area contributed by atoms with Crippen LogP contribution in [0.4, 0.5) is 5.69 Å².